The molecule has 22 aromatic rings. The zero-order valence-corrected chi connectivity index (χ0v) is 60.4. The van der Waals surface area contributed by atoms with Gasteiger partial charge in [0.15, 0.2) is 23.3 Å². The van der Waals surface area contributed by atoms with Crippen LogP contribution in [0.1, 0.15) is 0 Å². The fourth-order valence-electron chi connectivity index (χ4n) is 16.1. The zero-order chi connectivity index (χ0) is 74.0. The van der Waals surface area contributed by atoms with Crippen molar-refractivity contribution in [3.05, 3.63) is 395 Å². The lowest BCUT2D eigenvalue weighted by atomic mass is 10.0. The van der Waals surface area contributed by atoms with Crippen LogP contribution in [-0.4, -0.2) is 53.2 Å². The molecule has 0 aliphatic carbocycles. The zero-order valence-electron chi connectivity index (χ0n) is 60.4. The molecule has 0 fully saturated rings. The molecule has 14 aromatic carbocycles. The summed E-state index contributed by atoms with van der Waals surface area (Å²) in [5, 5.41) is 9.38. The highest BCUT2D eigenvalue weighted by Gasteiger charge is 2.22. The Morgan fingerprint density at radius 2 is 0.455 bits per heavy atom. The number of para-hydroxylation sites is 6. The van der Waals surface area contributed by atoms with Crippen molar-refractivity contribution in [1.82, 2.24) is 53.2 Å². The molecule has 524 valence electrons. The van der Waals surface area contributed by atoms with E-state index < -0.39 is 0 Å². The first kappa shape index (κ1) is 65.0. The average Bonchev–Trinajstić information content (AvgIpc) is 1.59. The van der Waals surface area contributed by atoms with Gasteiger partial charge >= 0.3 is 0 Å². The highest BCUT2D eigenvalue weighted by atomic mass is 15.1. The molecule has 8 aromatic heterocycles. The van der Waals surface area contributed by atoms with E-state index in [-0.39, 0.29) is 0 Å². The van der Waals surface area contributed by atoms with Crippen LogP contribution in [0.15, 0.2) is 395 Å². The van der Waals surface area contributed by atoms with Gasteiger partial charge in [0, 0.05) is 123 Å². The van der Waals surface area contributed by atoms with E-state index in [1.54, 1.807) is 0 Å². The third-order valence-corrected chi connectivity index (χ3v) is 21.4. The molecule has 11 heteroatoms. The molecule has 11 nitrogen and oxygen atoms in total. The molecule has 0 saturated heterocycles. The third kappa shape index (κ3) is 11.5. The van der Waals surface area contributed by atoms with Gasteiger partial charge in [-0.1, -0.05) is 267 Å². The minimum Gasteiger partial charge on any atom is -0.309 e. The number of nitrogens with zero attached hydrogens (tertiary/aromatic N) is 11. The van der Waals surface area contributed by atoms with E-state index in [0.29, 0.717) is 23.3 Å². The first-order chi connectivity index (χ1) is 55.5. The summed E-state index contributed by atoms with van der Waals surface area (Å²) < 4.78 is 9.21. The predicted octanol–water partition coefficient (Wildman–Crippen LogP) is 24.9. The second-order valence-corrected chi connectivity index (χ2v) is 28.1. The van der Waals surface area contributed by atoms with Gasteiger partial charge in [-0.15, -0.1) is 0 Å². The molecule has 8 heterocycles. The summed E-state index contributed by atoms with van der Waals surface area (Å²) in [7, 11) is 0. The molecule has 0 amide bonds. The van der Waals surface area contributed by atoms with Gasteiger partial charge in [0.25, 0.3) is 0 Å². The van der Waals surface area contributed by atoms with Gasteiger partial charge in [0.1, 0.15) is 11.3 Å². The van der Waals surface area contributed by atoms with Crippen LogP contribution in [0.25, 0.3) is 201 Å². The summed E-state index contributed by atoms with van der Waals surface area (Å²) in [5.41, 5.74) is 25.1. The van der Waals surface area contributed by atoms with E-state index in [1.807, 2.05) is 122 Å². The van der Waals surface area contributed by atoms with Crippen molar-refractivity contribution in [2.75, 3.05) is 0 Å². The second-order valence-electron chi connectivity index (χ2n) is 28.1. The van der Waals surface area contributed by atoms with Gasteiger partial charge in [-0.2, -0.15) is 0 Å². The van der Waals surface area contributed by atoms with Gasteiger partial charge in [-0.3, -0.25) is 9.13 Å². The first-order valence-electron chi connectivity index (χ1n) is 37.6. The summed E-state index contributed by atoms with van der Waals surface area (Å²) in [6.45, 7) is 0. The summed E-state index contributed by atoms with van der Waals surface area (Å²) in [5.74, 6) is 2.61. The molecule has 112 heavy (non-hydrogen) atoms. The van der Waals surface area contributed by atoms with Crippen LogP contribution in [0, 0.1) is 0 Å². The number of pyridine rings is 2. The lowest BCUT2D eigenvalue weighted by Crippen LogP contribution is -2.01. The maximum atomic E-state index is 5.12. The summed E-state index contributed by atoms with van der Waals surface area (Å²) >= 11 is 0. The maximum absolute atomic E-state index is 5.12. The Morgan fingerprint density at radius 1 is 0.161 bits per heavy atom. The number of hydrogen-bond donors (Lipinski definition) is 0. The van der Waals surface area contributed by atoms with Crippen LogP contribution in [-0.2, 0) is 0 Å². The second kappa shape index (κ2) is 27.5. The molecule has 0 atom stereocenters. The molecule has 0 aliphatic rings. The largest absolute Gasteiger partial charge is 0.309 e. The van der Waals surface area contributed by atoms with Crippen molar-refractivity contribution in [1.29, 1.82) is 0 Å². The minimum absolute atomic E-state index is 0.624. The molecule has 22 rings (SSSR count). The van der Waals surface area contributed by atoms with Crippen molar-refractivity contribution >= 4 is 87.5 Å². The summed E-state index contributed by atoms with van der Waals surface area (Å²) in [6.07, 6.45) is 4.02. The molecule has 0 saturated carbocycles. The van der Waals surface area contributed by atoms with Crippen molar-refractivity contribution in [3.8, 4) is 113 Å². The fourth-order valence-corrected chi connectivity index (χ4v) is 16.1. The van der Waals surface area contributed by atoms with Crippen molar-refractivity contribution < 1.29 is 0 Å². The number of hydrogen-bond acceptors (Lipinski definition) is 7. The number of aromatic nitrogens is 11. The number of benzene rings is 14. The van der Waals surface area contributed by atoms with Crippen LogP contribution >= 0.6 is 0 Å². The molecule has 0 aliphatic heterocycles. The lowest BCUT2D eigenvalue weighted by molar-refractivity contribution is 1.07. The van der Waals surface area contributed by atoms with E-state index in [1.165, 1.54) is 32.3 Å². The molecule has 0 spiro atoms. The number of fused-ring (bicyclic) bond motifs is 12. The topological polar surface area (TPSA) is 110 Å². The Bertz CT molecular complexity index is 6800. The van der Waals surface area contributed by atoms with Crippen LogP contribution in [0.3, 0.4) is 0 Å². The normalized spacial score (nSPS) is 11.6. The smallest absolute Gasteiger partial charge is 0.164 e. The van der Waals surface area contributed by atoms with Crippen LogP contribution in [0.2, 0.25) is 0 Å². The highest BCUT2D eigenvalue weighted by molar-refractivity contribution is 6.14. The van der Waals surface area contributed by atoms with Crippen molar-refractivity contribution in [3.63, 3.8) is 0 Å². The van der Waals surface area contributed by atoms with E-state index in [4.69, 9.17) is 34.9 Å². The Balaban J connectivity index is 0.000000141. The van der Waals surface area contributed by atoms with Gasteiger partial charge < -0.3 is 9.13 Å². The standard InChI is InChI=1S/C51H33N5.C50H32N6/c1-4-15-34(16-5-1)45-32-46(54-50(53-45)35-17-6-2-7-18-35)37-19-14-22-40(29-37)55-47-25-12-10-23-41(47)43-30-36(27-28-49(43)55)38-31-44-42-24-11-13-26-48(42)56(51(44)52-33-38)39-20-8-3-9-21-39;1-4-15-33(16-5-1)47-52-48(34-17-6-2-7-18-34)54-49(53-47)36-19-14-22-39(29-36)55-44-25-12-10-23-40(44)42-30-35(27-28-46(42)55)37-31-43-41-24-11-13-26-45(41)56(50(43)51-32-37)38-20-8-3-9-21-38/h1-33H;1-32H. The number of rotatable bonds is 12. The minimum atomic E-state index is 0.624. The van der Waals surface area contributed by atoms with Gasteiger partial charge in [0.05, 0.1) is 44.5 Å². The molecule has 0 N–H and O–H groups in total. The van der Waals surface area contributed by atoms with Crippen LogP contribution < -0.4 is 0 Å². The monoisotopic (exact) mass is 1430 g/mol. The van der Waals surface area contributed by atoms with Gasteiger partial charge in [-0.25, -0.2) is 34.9 Å². The van der Waals surface area contributed by atoms with Crippen molar-refractivity contribution in [2.45, 2.75) is 0 Å². The van der Waals surface area contributed by atoms with Gasteiger partial charge in [0.2, 0.25) is 0 Å². The average molecular weight is 1430 g/mol. The molecular weight excluding hydrogens is 1370 g/mol. The highest BCUT2D eigenvalue weighted by Crippen LogP contribution is 2.42. The Morgan fingerprint density at radius 3 is 0.884 bits per heavy atom. The quantitative estimate of drug-likeness (QED) is 0.120. The lowest BCUT2D eigenvalue weighted by Gasteiger charge is -2.12. The Labute approximate surface area is 644 Å². The van der Waals surface area contributed by atoms with Gasteiger partial charge in [-0.05, 0) is 126 Å². The third-order valence-electron chi connectivity index (χ3n) is 21.4. The van der Waals surface area contributed by atoms with E-state index >= 15 is 0 Å². The summed E-state index contributed by atoms with van der Waals surface area (Å²) in [4.78, 5) is 35.3. The van der Waals surface area contributed by atoms with E-state index in [9.17, 15) is 0 Å². The molecule has 0 unspecified atom stereocenters. The molecule has 0 radical (unpaired) electrons. The first-order valence-corrected chi connectivity index (χ1v) is 37.6. The molecular formula is C101H65N11. The maximum Gasteiger partial charge on any atom is 0.164 e. The Kier molecular flexibility index (Phi) is 15.9. The van der Waals surface area contributed by atoms with E-state index in [2.05, 4.69) is 291 Å². The predicted molar refractivity (Wildman–Crippen MR) is 458 cm³/mol. The van der Waals surface area contributed by atoms with Crippen LogP contribution in [0.5, 0.6) is 0 Å². The molecule has 0 bridgehead atoms. The van der Waals surface area contributed by atoms with Crippen LogP contribution in [0.4, 0.5) is 0 Å². The van der Waals surface area contributed by atoms with E-state index in [0.717, 1.165) is 145 Å². The summed E-state index contributed by atoms with van der Waals surface area (Å²) in [6, 6.07) is 133. The fraction of sp³-hybridized carbons (Fsp3) is 0. The Hall–Kier alpha value is -15.3. The van der Waals surface area contributed by atoms with Crippen molar-refractivity contribution in [2.24, 2.45) is 0 Å². The SMILES string of the molecule is c1ccc(-c2cc(-c3cccc(-n4c5ccccc5c5cc(-c6cnc7c(c6)c6ccccc6n7-c6ccccc6)ccc54)c3)nc(-c3ccccc3)n2)cc1.c1ccc(-c2nc(-c3ccccc3)nc(-c3cccc(-n4c5ccccc5c5cc(-c6cnc7c(c6)c6ccccc6n7-c6ccccc6)ccc54)c3)n2)cc1.